The number of nitrogen functional groups attached to an aromatic ring is 1. The number of aryl methyl sites for hydroxylation is 1. The number of carbonyl (C=O) groups excluding carboxylic acids is 1. The summed E-state index contributed by atoms with van der Waals surface area (Å²) < 4.78 is 1.39. The van der Waals surface area contributed by atoms with Crippen molar-refractivity contribution < 1.29 is 4.79 Å². The van der Waals surface area contributed by atoms with Gasteiger partial charge in [0.1, 0.15) is 29.3 Å². The van der Waals surface area contributed by atoms with Gasteiger partial charge in [-0.15, -0.1) is 0 Å². The van der Waals surface area contributed by atoms with Crippen molar-refractivity contribution in [3.05, 3.63) is 40.1 Å². The molecule has 20 heavy (non-hydrogen) atoms. The van der Waals surface area contributed by atoms with Crippen LogP contribution >= 0.6 is 0 Å². The molecule has 0 fully saturated rings. The van der Waals surface area contributed by atoms with Crippen molar-refractivity contribution in [1.82, 2.24) is 19.9 Å². The lowest BCUT2D eigenvalue weighted by Crippen LogP contribution is -2.24. The summed E-state index contributed by atoms with van der Waals surface area (Å²) in [7, 11) is 0. The maximum absolute atomic E-state index is 12.3. The summed E-state index contributed by atoms with van der Waals surface area (Å²) in [4.78, 5) is 31.7. The van der Waals surface area contributed by atoms with Gasteiger partial charge in [-0.05, 0) is 18.6 Å². The van der Waals surface area contributed by atoms with Crippen molar-refractivity contribution in [3.8, 4) is 0 Å². The topological polar surface area (TPSA) is 115 Å². The minimum Gasteiger partial charge on any atom is -0.384 e. The van der Waals surface area contributed by atoms with Crippen molar-refractivity contribution in [2.75, 3.05) is 11.1 Å². The Morgan fingerprint density at radius 1 is 1.35 bits per heavy atom. The van der Waals surface area contributed by atoms with Gasteiger partial charge in [-0.2, -0.15) is 0 Å². The molecular formula is C12H12N6O2. The Hall–Kier alpha value is -2.90. The van der Waals surface area contributed by atoms with Crippen LogP contribution in [-0.4, -0.2) is 20.4 Å². The minimum atomic E-state index is -0.291. The van der Waals surface area contributed by atoms with E-state index in [4.69, 9.17) is 5.73 Å². The molecule has 0 atom stereocenters. The molecule has 1 amide bonds. The van der Waals surface area contributed by atoms with E-state index in [1.54, 1.807) is 13.0 Å². The fraction of sp³-hybridized carbons (Fsp3) is 0.167. The van der Waals surface area contributed by atoms with Gasteiger partial charge in [-0.1, -0.05) is 0 Å². The Kier molecular flexibility index (Phi) is 2.63. The first-order valence-corrected chi connectivity index (χ1v) is 5.93. The van der Waals surface area contributed by atoms with E-state index in [0.29, 0.717) is 28.6 Å². The number of hydrogen-bond acceptors (Lipinski definition) is 6. The van der Waals surface area contributed by atoms with Crippen LogP contribution in [0.5, 0.6) is 0 Å². The first kappa shape index (κ1) is 12.2. The zero-order valence-corrected chi connectivity index (χ0v) is 10.7. The molecule has 3 heterocycles. The molecule has 2 aromatic heterocycles. The highest BCUT2D eigenvalue weighted by Crippen LogP contribution is 2.17. The molecule has 0 aliphatic carbocycles. The van der Waals surface area contributed by atoms with E-state index in [1.807, 2.05) is 0 Å². The van der Waals surface area contributed by atoms with Crippen LogP contribution in [0, 0.1) is 6.92 Å². The second kappa shape index (κ2) is 4.34. The number of nitrogens with zero attached hydrogens (tertiary/aromatic N) is 3. The van der Waals surface area contributed by atoms with E-state index < -0.39 is 0 Å². The lowest BCUT2D eigenvalue weighted by molar-refractivity contribution is 0.0965. The highest BCUT2D eigenvalue weighted by atomic mass is 16.2. The number of hydrogen-bond donors (Lipinski definition) is 3. The summed E-state index contributed by atoms with van der Waals surface area (Å²) in [6.07, 6.45) is 1.31. The SMILES string of the molecule is Cc1cc(Nc2cc(N)ncn2)c(=O)n2c1C(=O)NC2. The summed E-state index contributed by atoms with van der Waals surface area (Å²) in [5, 5.41) is 5.51. The molecule has 0 spiro atoms. The average Bonchev–Trinajstić information content (AvgIpc) is 2.78. The Morgan fingerprint density at radius 3 is 2.90 bits per heavy atom. The van der Waals surface area contributed by atoms with Crippen molar-refractivity contribution in [2.24, 2.45) is 0 Å². The molecule has 0 bridgehead atoms. The van der Waals surface area contributed by atoms with Gasteiger partial charge in [0, 0.05) is 6.07 Å². The van der Waals surface area contributed by atoms with E-state index in [9.17, 15) is 9.59 Å². The van der Waals surface area contributed by atoms with Gasteiger partial charge in [0.2, 0.25) is 0 Å². The van der Waals surface area contributed by atoms with E-state index in [-0.39, 0.29) is 18.1 Å². The van der Waals surface area contributed by atoms with E-state index >= 15 is 0 Å². The zero-order chi connectivity index (χ0) is 14.3. The van der Waals surface area contributed by atoms with Crippen molar-refractivity contribution in [3.63, 3.8) is 0 Å². The van der Waals surface area contributed by atoms with Gasteiger partial charge in [0.25, 0.3) is 11.5 Å². The fourth-order valence-corrected chi connectivity index (χ4v) is 2.16. The molecule has 1 aliphatic heterocycles. The lowest BCUT2D eigenvalue weighted by Gasteiger charge is -2.09. The Morgan fingerprint density at radius 2 is 2.15 bits per heavy atom. The van der Waals surface area contributed by atoms with Crippen molar-refractivity contribution in [1.29, 1.82) is 0 Å². The maximum atomic E-state index is 12.3. The third-order valence-corrected chi connectivity index (χ3v) is 3.04. The third kappa shape index (κ3) is 1.87. The summed E-state index contributed by atoms with van der Waals surface area (Å²) in [6.45, 7) is 1.95. The largest absolute Gasteiger partial charge is 0.384 e. The number of carbonyl (C=O) groups is 1. The molecule has 0 saturated heterocycles. The molecule has 0 saturated carbocycles. The van der Waals surface area contributed by atoms with Gasteiger partial charge >= 0.3 is 0 Å². The highest BCUT2D eigenvalue weighted by molar-refractivity contribution is 5.95. The number of fused-ring (bicyclic) bond motifs is 1. The Bertz CT molecular complexity index is 767. The van der Waals surface area contributed by atoms with Crippen LogP contribution in [0.2, 0.25) is 0 Å². The van der Waals surface area contributed by atoms with Crippen LogP contribution < -0.4 is 21.9 Å². The smallest absolute Gasteiger partial charge is 0.276 e. The van der Waals surface area contributed by atoms with Gasteiger partial charge in [-0.25, -0.2) is 9.97 Å². The van der Waals surface area contributed by atoms with E-state index in [2.05, 4.69) is 20.6 Å². The first-order chi connectivity index (χ1) is 9.56. The molecule has 0 unspecified atom stereocenters. The predicted octanol–water partition coefficient (Wildman–Crippen LogP) is -0.0266. The zero-order valence-electron chi connectivity index (χ0n) is 10.7. The van der Waals surface area contributed by atoms with E-state index in [1.165, 1.54) is 17.0 Å². The second-order valence-electron chi connectivity index (χ2n) is 4.44. The average molecular weight is 272 g/mol. The lowest BCUT2D eigenvalue weighted by atomic mass is 10.2. The normalized spacial score (nSPS) is 12.9. The number of amides is 1. The number of aromatic nitrogens is 3. The second-order valence-corrected chi connectivity index (χ2v) is 4.44. The van der Waals surface area contributed by atoms with Crippen LogP contribution in [0.25, 0.3) is 0 Å². The van der Waals surface area contributed by atoms with Crippen molar-refractivity contribution in [2.45, 2.75) is 13.6 Å². The van der Waals surface area contributed by atoms with Crippen LogP contribution in [-0.2, 0) is 6.67 Å². The molecule has 0 aromatic carbocycles. The fourth-order valence-electron chi connectivity index (χ4n) is 2.16. The van der Waals surface area contributed by atoms with Crippen LogP contribution in [0.15, 0.2) is 23.3 Å². The quantitative estimate of drug-likeness (QED) is 0.707. The standard InChI is InChI=1S/C12H12N6O2/c1-6-2-7(17-9-3-8(13)14-4-15-9)12(20)18-5-16-11(19)10(6)18/h2-4H,5H2,1H3,(H,16,19)(H3,13,14,15,17). The van der Waals surface area contributed by atoms with E-state index in [0.717, 1.165) is 0 Å². The molecule has 8 heteroatoms. The minimum absolute atomic E-state index is 0.176. The Balaban J connectivity index is 2.06. The van der Waals surface area contributed by atoms with Crippen LogP contribution in [0.1, 0.15) is 16.1 Å². The molecule has 8 nitrogen and oxygen atoms in total. The summed E-state index contributed by atoms with van der Waals surface area (Å²) in [5.41, 5.74) is 6.71. The van der Waals surface area contributed by atoms with Crippen molar-refractivity contribution >= 4 is 23.2 Å². The molecule has 2 aromatic rings. The third-order valence-electron chi connectivity index (χ3n) is 3.04. The molecule has 102 valence electrons. The number of pyridine rings is 1. The summed E-state index contributed by atoms with van der Waals surface area (Å²) >= 11 is 0. The van der Waals surface area contributed by atoms with Gasteiger partial charge in [0.15, 0.2) is 0 Å². The number of anilines is 3. The van der Waals surface area contributed by atoms with Crippen LogP contribution in [0.3, 0.4) is 0 Å². The number of nitrogens with two attached hydrogens (primary N) is 1. The summed E-state index contributed by atoms with van der Waals surface area (Å²) in [6, 6.07) is 3.15. The Labute approximate surface area is 113 Å². The maximum Gasteiger partial charge on any atom is 0.276 e. The van der Waals surface area contributed by atoms with Crippen LogP contribution in [0.4, 0.5) is 17.3 Å². The predicted molar refractivity (Wildman–Crippen MR) is 72.6 cm³/mol. The van der Waals surface area contributed by atoms with Gasteiger partial charge < -0.3 is 16.4 Å². The summed E-state index contributed by atoms with van der Waals surface area (Å²) in [5.74, 6) is 0.488. The monoisotopic (exact) mass is 272 g/mol. The highest BCUT2D eigenvalue weighted by Gasteiger charge is 2.23. The number of rotatable bonds is 2. The number of nitrogens with one attached hydrogen (secondary N) is 2. The van der Waals surface area contributed by atoms with Gasteiger partial charge in [-0.3, -0.25) is 14.2 Å². The molecule has 0 radical (unpaired) electrons. The molecular weight excluding hydrogens is 260 g/mol. The molecule has 4 N–H and O–H groups in total. The molecule has 1 aliphatic rings. The first-order valence-electron chi connectivity index (χ1n) is 5.93. The molecule has 3 rings (SSSR count). The van der Waals surface area contributed by atoms with Gasteiger partial charge in [0.05, 0.1) is 6.67 Å².